The maximum absolute atomic E-state index is 12.4. The highest BCUT2D eigenvalue weighted by molar-refractivity contribution is 7.07. The lowest BCUT2D eigenvalue weighted by Gasteiger charge is -1.94. The Labute approximate surface area is 126 Å². The second kappa shape index (κ2) is 6.21. The van der Waals surface area contributed by atoms with E-state index < -0.39 is 0 Å². The molecule has 0 aliphatic rings. The van der Waals surface area contributed by atoms with Crippen LogP contribution in [0.3, 0.4) is 0 Å². The Morgan fingerprint density at radius 1 is 1.38 bits per heavy atom. The van der Waals surface area contributed by atoms with Crippen LogP contribution in [0.2, 0.25) is 0 Å². The average molecular weight is 295 g/mol. The van der Waals surface area contributed by atoms with Crippen LogP contribution < -0.4 is 14.8 Å². The van der Waals surface area contributed by atoms with Crippen molar-refractivity contribution >= 4 is 23.0 Å². The van der Waals surface area contributed by atoms with Crippen molar-refractivity contribution < 1.29 is 0 Å². The van der Waals surface area contributed by atoms with E-state index in [2.05, 4.69) is 0 Å². The highest BCUT2D eigenvalue weighted by Gasteiger charge is 2.07. The van der Waals surface area contributed by atoms with Gasteiger partial charge in [0.2, 0.25) is 0 Å². The molecule has 2 aromatic rings. The third kappa shape index (κ3) is 2.94. The topological polar surface area (TPSA) is 69.6 Å². The van der Waals surface area contributed by atoms with E-state index in [0.29, 0.717) is 15.7 Å². The maximum Gasteiger partial charge on any atom is 0.269 e. The quantitative estimate of drug-likeness (QED) is 0.837. The van der Waals surface area contributed by atoms with E-state index in [1.54, 1.807) is 6.08 Å². The molecule has 4 nitrogen and oxygen atoms in total. The van der Waals surface area contributed by atoms with Gasteiger partial charge in [-0.25, -0.2) is 0 Å². The zero-order chi connectivity index (χ0) is 15.4. The smallest absolute Gasteiger partial charge is 0.269 e. The van der Waals surface area contributed by atoms with Crippen molar-refractivity contribution in [2.45, 2.75) is 20.4 Å². The van der Waals surface area contributed by atoms with Gasteiger partial charge in [0.05, 0.1) is 4.53 Å². The minimum Gasteiger partial charge on any atom is -0.298 e. The summed E-state index contributed by atoms with van der Waals surface area (Å²) in [6.45, 7) is 4.23. The van der Waals surface area contributed by atoms with Gasteiger partial charge in [-0.15, -0.1) is 11.3 Å². The standard InChI is InChI=1S/C16H13N3OS/c1-3-19-15(20)14(21-16(19)13(9-17)10-18)8-12-6-4-5-11(2)7-12/h4-8H,3H2,1-2H3. The summed E-state index contributed by atoms with van der Waals surface area (Å²) in [4.78, 5) is 12.4. The Balaban J connectivity index is 2.81. The van der Waals surface area contributed by atoms with Crippen molar-refractivity contribution in [3.63, 3.8) is 0 Å². The summed E-state index contributed by atoms with van der Waals surface area (Å²) in [6.07, 6.45) is 1.79. The number of thiazole rings is 1. The molecule has 1 aromatic heterocycles. The number of hydrogen-bond acceptors (Lipinski definition) is 4. The van der Waals surface area contributed by atoms with Gasteiger partial charge in [-0.05, 0) is 25.5 Å². The van der Waals surface area contributed by atoms with Gasteiger partial charge in [-0.1, -0.05) is 29.8 Å². The van der Waals surface area contributed by atoms with Crippen LogP contribution in [0, 0.1) is 29.6 Å². The van der Waals surface area contributed by atoms with Gasteiger partial charge < -0.3 is 0 Å². The second-order valence-electron chi connectivity index (χ2n) is 4.48. The molecule has 0 fully saturated rings. The van der Waals surface area contributed by atoms with Crippen LogP contribution in [0.25, 0.3) is 11.6 Å². The molecule has 0 spiro atoms. The van der Waals surface area contributed by atoms with Gasteiger partial charge in [0.15, 0.2) is 5.57 Å². The number of hydrogen-bond donors (Lipinski definition) is 0. The first kappa shape index (κ1) is 14.8. The van der Waals surface area contributed by atoms with Crippen LogP contribution >= 0.6 is 11.3 Å². The minimum atomic E-state index is -0.165. The van der Waals surface area contributed by atoms with E-state index in [-0.39, 0.29) is 11.1 Å². The van der Waals surface area contributed by atoms with Crippen molar-refractivity contribution in [2.24, 2.45) is 0 Å². The molecule has 0 amide bonds. The zero-order valence-corrected chi connectivity index (χ0v) is 12.6. The van der Waals surface area contributed by atoms with Crippen LogP contribution in [-0.4, -0.2) is 4.57 Å². The molecule has 1 aromatic carbocycles. The lowest BCUT2D eigenvalue weighted by atomic mass is 10.1. The van der Waals surface area contributed by atoms with Gasteiger partial charge in [-0.3, -0.25) is 9.36 Å². The van der Waals surface area contributed by atoms with E-state index >= 15 is 0 Å². The Hall–Kier alpha value is -2.63. The van der Waals surface area contributed by atoms with Crippen molar-refractivity contribution in [1.82, 2.24) is 4.57 Å². The van der Waals surface area contributed by atoms with E-state index in [4.69, 9.17) is 10.5 Å². The first-order chi connectivity index (χ1) is 10.1. The number of nitrogens with zero attached hydrogens (tertiary/aromatic N) is 3. The fourth-order valence-corrected chi connectivity index (χ4v) is 3.14. The highest BCUT2D eigenvalue weighted by Crippen LogP contribution is 2.04. The molecule has 0 aliphatic carbocycles. The summed E-state index contributed by atoms with van der Waals surface area (Å²) in [5.74, 6) is 0. The van der Waals surface area contributed by atoms with Crippen LogP contribution in [0.5, 0.6) is 0 Å². The largest absolute Gasteiger partial charge is 0.298 e. The average Bonchev–Trinajstić information content (AvgIpc) is 2.77. The van der Waals surface area contributed by atoms with Crippen LogP contribution in [-0.2, 0) is 6.54 Å². The normalized spacial score (nSPS) is 11.0. The molecule has 0 N–H and O–H groups in total. The molecule has 0 unspecified atom stereocenters. The summed E-state index contributed by atoms with van der Waals surface area (Å²) in [6, 6.07) is 11.5. The van der Waals surface area contributed by atoms with Crippen molar-refractivity contribution in [3.05, 3.63) is 54.9 Å². The molecule has 0 saturated carbocycles. The number of benzene rings is 1. The molecular weight excluding hydrogens is 282 g/mol. The lowest BCUT2D eigenvalue weighted by molar-refractivity contribution is 0.722. The maximum atomic E-state index is 12.4. The van der Waals surface area contributed by atoms with E-state index in [9.17, 15) is 4.79 Å². The predicted octanol–water partition coefficient (Wildman–Crippen LogP) is 1.26. The Kier molecular flexibility index (Phi) is 4.37. The lowest BCUT2D eigenvalue weighted by Crippen LogP contribution is -2.31. The van der Waals surface area contributed by atoms with Gasteiger partial charge >= 0.3 is 0 Å². The molecule has 1 heterocycles. The fourth-order valence-electron chi connectivity index (χ4n) is 2.02. The Morgan fingerprint density at radius 3 is 2.67 bits per heavy atom. The number of aryl methyl sites for hydroxylation is 1. The molecule has 5 heteroatoms. The molecule has 21 heavy (non-hydrogen) atoms. The molecular formula is C16H13N3OS. The third-order valence-corrected chi connectivity index (χ3v) is 4.13. The first-order valence-corrected chi connectivity index (χ1v) is 7.25. The fraction of sp³-hybridized carbons (Fsp3) is 0.188. The molecule has 104 valence electrons. The molecule has 0 radical (unpaired) electrons. The van der Waals surface area contributed by atoms with Gasteiger partial charge in [0, 0.05) is 6.54 Å². The van der Waals surface area contributed by atoms with Crippen molar-refractivity contribution in [1.29, 1.82) is 10.5 Å². The SMILES string of the molecule is CCn1c(=C(C#N)C#N)sc(=Cc2cccc(C)c2)c1=O. The highest BCUT2D eigenvalue weighted by atomic mass is 32.1. The van der Waals surface area contributed by atoms with Crippen LogP contribution in [0.4, 0.5) is 0 Å². The minimum absolute atomic E-state index is 0.0251. The van der Waals surface area contributed by atoms with E-state index in [0.717, 1.165) is 11.1 Å². The van der Waals surface area contributed by atoms with Gasteiger partial charge in [0.25, 0.3) is 5.56 Å². The van der Waals surface area contributed by atoms with Gasteiger partial charge in [0.1, 0.15) is 16.8 Å². The monoisotopic (exact) mass is 295 g/mol. The Bertz CT molecular complexity index is 920. The second-order valence-corrected chi connectivity index (χ2v) is 5.51. The number of nitriles is 2. The van der Waals surface area contributed by atoms with Crippen molar-refractivity contribution in [3.8, 4) is 12.1 Å². The van der Waals surface area contributed by atoms with Gasteiger partial charge in [-0.2, -0.15) is 10.5 Å². The summed E-state index contributed by atoms with van der Waals surface area (Å²) in [7, 11) is 0. The summed E-state index contributed by atoms with van der Waals surface area (Å²) >= 11 is 1.18. The third-order valence-electron chi connectivity index (χ3n) is 3.00. The number of rotatable bonds is 2. The molecule has 0 bridgehead atoms. The number of aromatic nitrogens is 1. The zero-order valence-electron chi connectivity index (χ0n) is 11.8. The van der Waals surface area contributed by atoms with Crippen LogP contribution in [0.1, 0.15) is 18.1 Å². The Morgan fingerprint density at radius 2 is 2.10 bits per heavy atom. The molecule has 0 aliphatic heterocycles. The van der Waals surface area contributed by atoms with E-state index in [1.807, 2.05) is 50.3 Å². The molecule has 0 saturated heterocycles. The van der Waals surface area contributed by atoms with Crippen LogP contribution in [0.15, 0.2) is 29.1 Å². The van der Waals surface area contributed by atoms with Crippen molar-refractivity contribution in [2.75, 3.05) is 0 Å². The summed E-state index contributed by atoms with van der Waals surface area (Å²) in [5, 5.41) is 18.0. The summed E-state index contributed by atoms with van der Waals surface area (Å²) in [5.41, 5.74) is 1.85. The first-order valence-electron chi connectivity index (χ1n) is 6.43. The molecule has 2 rings (SSSR count). The predicted molar refractivity (Wildman–Crippen MR) is 82.9 cm³/mol. The summed E-state index contributed by atoms with van der Waals surface area (Å²) < 4.78 is 2.42. The van der Waals surface area contributed by atoms with E-state index in [1.165, 1.54) is 15.9 Å². The molecule has 0 atom stereocenters.